The average Bonchev–Trinajstić information content (AvgIpc) is 2.44. The van der Waals surface area contributed by atoms with Gasteiger partial charge in [0.25, 0.3) is 0 Å². The fourth-order valence-corrected chi connectivity index (χ4v) is 2.06. The Kier molecular flexibility index (Phi) is 5.43. The van der Waals surface area contributed by atoms with Gasteiger partial charge in [0, 0.05) is 10.0 Å². The van der Waals surface area contributed by atoms with Crippen molar-refractivity contribution in [1.29, 1.82) is 0 Å². The number of hydrogen-bond donors (Lipinski definition) is 0. The summed E-state index contributed by atoms with van der Waals surface area (Å²) in [5, 5.41) is 3.73. The fourth-order valence-electron chi connectivity index (χ4n) is 1.64. The summed E-state index contributed by atoms with van der Waals surface area (Å²) in [6.07, 6.45) is -3.27. The quantitative estimate of drug-likeness (QED) is 0.551. The van der Waals surface area contributed by atoms with Gasteiger partial charge in [-0.2, -0.15) is 0 Å². The molecule has 0 saturated heterocycles. The molecule has 0 spiro atoms. The van der Waals surface area contributed by atoms with Gasteiger partial charge in [0.15, 0.2) is 0 Å². The number of para-hydroxylation sites is 1. The number of halogens is 4. The van der Waals surface area contributed by atoms with Crippen molar-refractivity contribution in [3.05, 3.63) is 64.1 Å². The minimum Gasteiger partial charge on any atom is -0.405 e. The van der Waals surface area contributed by atoms with Crippen molar-refractivity contribution >= 4 is 22.1 Å². The van der Waals surface area contributed by atoms with Gasteiger partial charge in [-0.25, -0.2) is 0 Å². The smallest absolute Gasteiger partial charge is 0.405 e. The summed E-state index contributed by atoms with van der Waals surface area (Å²) in [4.78, 5) is 5.03. The molecule has 22 heavy (non-hydrogen) atoms. The van der Waals surface area contributed by atoms with E-state index in [0.29, 0.717) is 0 Å². The van der Waals surface area contributed by atoms with Crippen molar-refractivity contribution in [2.45, 2.75) is 13.0 Å². The summed E-state index contributed by atoms with van der Waals surface area (Å²) in [5.74, 6) is -0.298. The van der Waals surface area contributed by atoms with Crippen LogP contribution in [0.1, 0.15) is 11.1 Å². The lowest BCUT2D eigenvalue weighted by Crippen LogP contribution is -2.18. The molecular weight excluding hydrogens is 363 g/mol. The molecule has 2 rings (SSSR count). The molecule has 0 unspecified atom stereocenters. The van der Waals surface area contributed by atoms with Gasteiger partial charge in [0.1, 0.15) is 12.4 Å². The second kappa shape index (κ2) is 7.31. The van der Waals surface area contributed by atoms with Crippen molar-refractivity contribution in [3.63, 3.8) is 0 Å². The topological polar surface area (TPSA) is 30.8 Å². The Labute approximate surface area is 133 Å². The maximum Gasteiger partial charge on any atom is 0.573 e. The molecule has 0 fully saturated rings. The van der Waals surface area contributed by atoms with E-state index < -0.39 is 6.36 Å². The molecule has 0 aliphatic heterocycles. The van der Waals surface area contributed by atoms with Gasteiger partial charge in [0.2, 0.25) is 0 Å². The summed E-state index contributed by atoms with van der Waals surface area (Å²) in [5.41, 5.74) is 1.06. The van der Waals surface area contributed by atoms with Crippen LogP contribution in [0, 0.1) is 0 Å². The lowest BCUT2D eigenvalue weighted by molar-refractivity contribution is -0.275. The highest BCUT2D eigenvalue weighted by atomic mass is 79.9. The molecule has 0 radical (unpaired) electrons. The summed E-state index contributed by atoms with van der Waals surface area (Å²) >= 11 is 3.32. The number of oxime groups is 1. The van der Waals surface area contributed by atoms with Gasteiger partial charge < -0.3 is 9.57 Å². The lowest BCUT2D eigenvalue weighted by atomic mass is 10.2. The number of ether oxygens (including phenoxy) is 1. The van der Waals surface area contributed by atoms with E-state index in [9.17, 15) is 13.2 Å². The van der Waals surface area contributed by atoms with Gasteiger partial charge in [-0.15, -0.1) is 13.2 Å². The van der Waals surface area contributed by atoms with Crippen LogP contribution in [0.25, 0.3) is 0 Å². The first kappa shape index (κ1) is 16.4. The number of alkyl halides is 3. The second-order valence-corrected chi connectivity index (χ2v) is 5.13. The van der Waals surface area contributed by atoms with E-state index in [4.69, 9.17) is 4.84 Å². The molecule has 0 heterocycles. The Morgan fingerprint density at radius 2 is 1.86 bits per heavy atom. The van der Waals surface area contributed by atoms with Crippen molar-refractivity contribution < 1.29 is 22.7 Å². The molecule has 0 bridgehead atoms. The molecule has 0 amide bonds. The summed E-state index contributed by atoms with van der Waals surface area (Å²) in [6.45, 7) is -0.128. The van der Waals surface area contributed by atoms with E-state index >= 15 is 0 Å². The summed E-state index contributed by atoms with van der Waals surface area (Å²) in [7, 11) is 0. The number of nitrogens with zero attached hydrogens (tertiary/aromatic N) is 1. The minimum atomic E-state index is -4.74. The zero-order valence-corrected chi connectivity index (χ0v) is 12.8. The number of rotatable bonds is 5. The van der Waals surface area contributed by atoms with E-state index in [1.54, 1.807) is 6.07 Å². The van der Waals surface area contributed by atoms with Crippen molar-refractivity contribution in [3.8, 4) is 5.75 Å². The Morgan fingerprint density at radius 3 is 2.59 bits per heavy atom. The van der Waals surface area contributed by atoms with Crippen LogP contribution >= 0.6 is 15.9 Å². The fraction of sp³-hybridized carbons (Fsp3) is 0.133. The lowest BCUT2D eigenvalue weighted by Gasteiger charge is -2.12. The average molecular weight is 374 g/mol. The standard InChI is InChI=1S/C15H11BrF3NO2/c16-13-6-3-4-11(8-13)9-20-21-10-12-5-1-2-7-14(12)22-15(17,18)19/h1-9H,10H2. The first-order valence-corrected chi connectivity index (χ1v) is 6.98. The van der Waals surface area contributed by atoms with Gasteiger partial charge in [-0.05, 0) is 23.8 Å². The Bertz CT molecular complexity index is 659. The van der Waals surface area contributed by atoms with E-state index in [0.717, 1.165) is 10.0 Å². The van der Waals surface area contributed by atoms with Crippen LogP contribution in [-0.2, 0) is 11.4 Å². The summed E-state index contributed by atoms with van der Waals surface area (Å²) in [6, 6.07) is 13.1. The highest BCUT2D eigenvalue weighted by Gasteiger charge is 2.32. The maximum atomic E-state index is 12.3. The van der Waals surface area contributed by atoms with E-state index in [2.05, 4.69) is 25.8 Å². The number of benzene rings is 2. The number of hydrogen-bond acceptors (Lipinski definition) is 3. The molecule has 0 N–H and O–H groups in total. The highest BCUT2D eigenvalue weighted by molar-refractivity contribution is 9.10. The normalized spacial score (nSPS) is 11.6. The first-order chi connectivity index (χ1) is 10.4. The van der Waals surface area contributed by atoms with Gasteiger partial charge >= 0.3 is 6.36 Å². The van der Waals surface area contributed by atoms with Crippen LogP contribution in [0.15, 0.2) is 58.2 Å². The Morgan fingerprint density at radius 1 is 1.09 bits per heavy atom. The molecule has 0 aromatic heterocycles. The molecule has 0 saturated carbocycles. The molecule has 7 heteroatoms. The minimum absolute atomic E-state index is 0.128. The third-order valence-corrected chi connectivity index (χ3v) is 3.04. The molecule has 116 valence electrons. The second-order valence-electron chi connectivity index (χ2n) is 4.22. The predicted molar refractivity (Wildman–Crippen MR) is 79.7 cm³/mol. The van der Waals surface area contributed by atoms with Crippen molar-refractivity contribution in [1.82, 2.24) is 0 Å². The highest BCUT2D eigenvalue weighted by Crippen LogP contribution is 2.26. The third kappa shape index (κ3) is 5.40. The van der Waals surface area contributed by atoms with E-state index in [1.807, 2.05) is 24.3 Å². The van der Waals surface area contributed by atoms with Crippen LogP contribution in [0.3, 0.4) is 0 Å². The van der Waals surface area contributed by atoms with Gasteiger partial charge in [-0.3, -0.25) is 0 Å². The van der Waals surface area contributed by atoms with Gasteiger partial charge in [-0.1, -0.05) is 51.4 Å². The van der Waals surface area contributed by atoms with Gasteiger partial charge in [0.05, 0.1) is 6.21 Å². The maximum absolute atomic E-state index is 12.3. The van der Waals surface area contributed by atoms with Crippen LogP contribution in [-0.4, -0.2) is 12.6 Å². The SMILES string of the molecule is FC(F)(F)Oc1ccccc1CON=Cc1cccc(Br)c1. The van der Waals surface area contributed by atoms with Crippen LogP contribution in [0.2, 0.25) is 0 Å². The zero-order valence-electron chi connectivity index (χ0n) is 11.2. The Balaban J connectivity index is 1.97. The first-order valence-electron chi connectivity index (χ1n) is 6.18. The van der Waals surface area contributed by atoms with Crippen molar-refractivity contribution in [2.75, 3.05) is 0 Å². The molecular formula is C15H11BrF3NO2. The largest absolute Gasteiger partial charge is 0.573 e. The van der Waals surface area contributed by atoms with Crippen LogP contribution < -0.4 is 4.74 Å². The molecule has 2 aromatic rings. The van der Waals surface area contributed by atoms with Crippen molar-refractivity contribution in [2.24, 2.45) is 5.16 Å². The van der Waals surface area contributed by atoms with E-state index in [-0.39, 0.29) is 17.9 Å². The van der Waals surface area contributed by atoms with Crippen LogP contribution in [0.4, 0.5) is 13.2 Å². The third-order valence-electron chi connectivity index (χ3n) is 2.54. The monoisotopic (exact) mass is 373 g/mol. The predicted octanol–water partition coefficient (Wildman–Crippen LogP) is 4.90. The van der Waals surface area contributed by atoms with E-state index in [1.165, 1.54) is 24.4 Å². The molecule has 0 aliphatic carbocycles. The van der Waals surface area contributed by atoms with Crippen LogP contribution in [0.5, 0.6) is 5.75 Å². The molecule has 3 nitrogen and oxygen atoms in total. The zero-order chi connectivity index (χ0) is 16.0. The molecule has 2 aromatic carbocycles. The molecule has 0 atom stereocenters. The molecule has 0 aliphatic rings. The Hall–Kier alpha value is -2.02. The summed E-state index contributed by atoms with van der Waals surface area (Å²) < 4.78 is 41.6.